The first-order valence-electron chi connectivity index (χ1n) is 13.1. The molecule has 0 saturated carbocycles. The number of amides is 2. The molecule has 0 unspecified atom stereocenters. The number of nitrogens with one attached hydrogen (secondary N) is 1. The van der Waals surface area contributed by atoms with Crippen molar-refractivity contribution in [3.8, 4) is 0 Å². The average molecular weight is 530 g/mol. The second-order valence-electron chi connectivity index (χ2n) is 10.6. The zero-order valence-electron chi connectivity index (χ0n) is 21.1. The molecular weight excluding hydrogens is 496 g/mol. The lowest BCUT2D eigenvalue weighted by Gasteiger charge is -2.41. The number of hydrogen-bond donors (Lipinski definition) is 1. The van der Waals surface area contributed by atoms with Gasteiger partial charge in [0.15, 0.2) is 0 Å². The van der Waals surface area contributed by atoms with Crippen LogP contribution in [0.2, 0.25) is 0 Å². The number of likely N-dealkylation sites (tertiary alicyclic amines) is 1. The summed E-state index contributed by atoms with van der Waals surface area (Å²) in [5, 5.41) is 20.4. The molecule has 3 heterocycles. The molecule has 2 aromatic rings. The molecule has 2 aliphatic carbocycles. The van der Waals surface area contributed by atoms with Gasteiger partial charge in [-0.25, -0.2) is 9.10 Å². The number of rotatable bonds is 6. The molecule has 200 valence electrons. The van der Waals surface area contributed by atoms with Gasteiger partial charge in [-0.3, -0.25) is 9.15 Å². The Bertz CT molecular complexity index is 1270. The highest BCUT2D eigenvalue weighted by Gasteiger charge is 2.37. The highest BCUT2D eigenvalue weighted by atomic mass is 32.2. The van der Waals surface area contributed by atoms with E-state index in [2.05, 4.69) is 21.4 Å². The number of hydroxylamine groups is 1. The van der Waals surface area contributed by atoms with Crippen molar-refractivity contribution in [3.63, 3.8) is 0 Å². The summed E-state index contributed by atoms with van der Waals surface area (Å²) in [6.07, 6.45) is 9.65. The van der Waals surface area contributed by atoms with Crippen LogP contribution in [0.15, 0.2) is 18.5 Å². The van der Waals surface area contributed by atoms with E-state index < -0.39 is 22.3 Å². The van der Waals surface area contributed by atoms with Gasteiger partial charge in [-0.1, -0.05) is 6.07 Å². The minimum absolute atomic E-state index is 0.0321. The molecule has 4 aliphatic rings. The Kier molecular flexibility index (Phi) is 6.38. The van der Waals surface area contributed by atoms with Gasteiger partial charge < -0.3 is 20.2 Å². The fourth-order valence-electron chi connectivity index (χ4n) is 6.08. The Morgan fingerprint density at radius 1 is 1.11 bits per heavy atom. The first-order valence-corrected chi connectivity index (χ1v) is 14.5. The number of carbonyl (C=O) groups excluding carboxylic acids is 1. The van der Waals surface area contributed by atoms with Crippen LogP contribution in [0.25, 0.3) is 0 Å². The number of benzene rings is 1. The van der Waals surface area contributed by atoms with Gasteiger partial charge in [0.1, 0.15) is 0 Å². The van der Waals surface area contributed by atoms with Crippen LogP contribution in [0.3, 0.4) is 0 Å². The van der Waals surface area contributed by atoms with E-state index in [-0.39, 0.29) is 16.2 Å². The summed E-state index contributed by atoms with van der Waals surface area (Å²) in [6, 6.07) is 0.626. The topological polar surface area (TPSA) is 123 Å². The zero-order chi connectivity index (χ0) is 25.7. The van der Waals surface area contributed by atoms with Crippen LogP contribution >= 0.6 is 0 Å². The standard InChI is InChI=1S/C25H33N6O5S/c1-28-10-8-19(9-11-28)30(20-13-26-29(14-20)21-15-36-16-21)37(34,35)31(33)25(32)27-24-22-6-2-4-17(22)12-18-5-3-7-23(18)24/h12-14,19,21H,2-11,15-16H2,1H3,(H,27,32)/q-1. The molecule has 12 heteroatoms. The number of anilines is 2. The molecule has 2 amide bonds. The van der Waals surface area contributed by atoms with Crippen LogP contribution in [0.1, 0.15) is 54.0 Å². The van der Waals surface area contributed by atoms with Crippen molar-refractivity contribution < 1.29 is 17.9 Å². The van der Waals surface area contributed by atoms with Gasteiger partial charge in [0, 0.05) is 17.9 Å². The van der Waals surface area contributed by atoms with E-state index in [4.69, 9.17) is 4.74 Å². The Morgan fingerprint density at radius 2 is 1.76 bits per heavy atom. The third-order valence-electron chi connectivity index (χ3n) is 8.19. The highest BCUT2D eigenvalue weighted by Crippen LogP contribution is 2.39. The molecule has 2 fully saturated rings. The second kappa shape index (κ2) is 9.57. The van der Waals surface area contributed by atoms with E-state index in [0.717, 1.165) is 54.0 Å². The summed E-state index contributed by atoms with van der Waals surface area (Å²) in [7, 11) is -2.74. The number of ether oxygens (including phenoxy) is 1. The van der Waals surface area contributed by atoms with Crippen molar-refractivity contribution in [2.75, 3.05) is 43.0 Å². The molecule has 1 N–H and O–H groups in total. The smallest absolute Gasteiger partial charge is 0.326 e. The van der Waals surface area contributed by atoms with Crippen molar-refractivity contribution in [3.05, 3.63) is 45.9 Å². The van der Waals surface area contributed by atoms with Crippen molar-refractivity contribution >= 4 is 27.6 Å². The Morgan fingerprint density at radius 3 is 2.35 bits per heavy atom. The molecule has 1 aromatic heterocycles. The van der Waals surface area contributed by atoms with Crippen LogP contribution in [0.4, 0.5) is 16.2 Å². The van der Waals surface area contributed by atoms with E-state index in [1.807, 2.05) is 7.05 Å². The summed E-state index contributed by atoms with van der Waals surface area (Å²) in [6.45, 7) is 2.39. The lowest BCUT2D eigenvalue weighted by molar-refractivity contribution is -0.0286. The van der Waals surface area contributed by atoms with Crippen LogP contribution in [0.5, 0.6) is 0 Å². The minimum Gasteiger partial charge on any atom is -0.740 e. The molecule has 0 spiro atoms. The Balaban J connectivity index is 1.30. The molecule has 0 atom stereocenters. The summed E-state index contributed by atoms with van der Waals surface area (Å²) >= 11 is 0. The Hall–Kier alpha value is -2.67. The predicted octanol–water partition coefficient (Wildman–Crippen LogP) is 2.61. The van der Waals surface area contributed by atoms with Gasteiger partial charge in [-0.05, 0) is 93.8 Å². The number of fused-ring (bicyclic) bond motifs is 2. The second-order valence-corrected chi connectivity index (χ2v) is 12.2. The van der Waals surface area contributed by atoms with Crippen LogP contribution in [-0.4, -0.2) is 73.0 Å². The van der Waals surface area contributed by atoms with Crippen molar-refractivity contribution in [1.29, 1.82) is 0 Å². The lowest BCUT2D eigenvalue weighted by atomic mass is 9.99. The van der Waals surface area contributed by atoms with Crippen LogP contribution in [-0.2, 0) is 40.6 Å². The third kappa shape index (κ3) is 4.39. The monoisotopic (exact) mass is 529 g/mol. The van der Waals surface area contributed by atoms with Gasteiger partial charge in [0.05, 0.1) is 31.1 Å². The SMILES string of the molecule is CN1CCC(N(c2cnn(C3COC3)c2)S(=O)(=O)N([O-])C(=O)Nc2c3c(cc4c2CCC4)CCC3)CC1. The highest BCUT2D eigenvalue weighted by molar-refractivity contribution is 7.91. The quantitative estimate of drug-likeness (QED) is 0.571. The van der Waals surface area contributed by atoms with Gasteiger partial charge in [0.2, 0.25) is 0 Å². The number of piperidine rings is 1. The third-order valence-corrected chi connectivity index (χ3v) is 9.78. The summed E-state index contributed by atoms with van der Waals surface area (Å²) in [4.78, 5) is 15.4. The largest absolute Gasteiger partial charge is 0.740 e. The average Bonchev–Trinajstić information content (AvgIpc) is 3.60. The fraction of sp³-hybridized carbons (Fsp3) is 0.600. The number of carbonyl (C=O) groups is 1. The first kappa shape index (κ1) is 24.7. The van der Waals surface area contributed by atoms with E-state index in [1.165, 1.54) is 17.3 Å². The van der Waals surface area contributed by atoms with Gasteiger partial charge >= 0.3 is 16.2 Å². The minimum atomic E-state index is -4.72. The molecule has 0 bridgehead atoms. The number of aryl methyl sites for hydroxylation is 2. The molecule has 1 aromatic carbocycles. The molecule has 0 radical (unpaired) electrons. The Labute approximate surface area is 217 Å². The molecule has 6 rings (SSSR count). The van der Waals surface area contributed by atoms with Gasteiger partial charge in [-0.2, -0.15) is 13.5 Å². The summed E-state index contributed by atoms with van der Waals surface area (Å²) in [5.74, 6) is 0. The van der Waals surface area contributed by atoms with Crippen LogP contribution < -0.4 is 9.62 Å². The molecule has 11 nitrogen and oxygen atoms in total. The van der Waals surface area contributed by atoms with E-state index in [1.54, 1.807) is 10.9 Å². The number of urea groups is 1. The zero-order valence-corrected chi connectivity index (χ0v) is 21.9. The lowest BCUT2D eigenvalue weighted by Crippen LogP contribution is -2.52. The van der Waals surface area contributed by atoms with E-state index in [0.29, 0.717) is 44.8 Å². The normalized spacial score (nSPS) is 20.4. The molecule has 37 heavy (non-hydrogen) atoms. The molecule has 2 saturated heterocycles. The summed E-state index contributed by atoms with van der Waals surface area (Å²) < 4.78 is 35.2. The van der Waals surface area contributed by atoms with E-state index in [9.17, 15) is 18.4 Å². The fourth-order valence-corrected chi connectivity index (χ4v) is 7.45. The van der Waals surface area contributed by atoms with Crippen molar-refractivity contribution in [2.45, 2.75) is 63.5 Å². The predicted molar refractivity (Wildman–Crippen MR) is 139 cm³/mol. The number of aromatic nitrogens is 2. The maximum Gasteiger partial charge on any atom is 0.326 e. The van der Waals surface area contributed by atoms with E-state index >= 15 is 0 Å². The van der Waals surface area contributed by atoms with Gasteiger partial charge in [-0.15, -0.1) is 0 Å². The molecular formula is C25H33N6O5S-. The first-order chi connectivity index (χ1) is 17.8. The van der Waals surface area contributed by atoms with Crippen LogP contribution in [0, 0.1) is 5.21 Å². The van der Waals surface area contributed by atoms with Gasteiger partial charge in [0.25, 0.3) is 0 Å². The number of hydrogen-bond acceptors (Lipinski definition) is 7. The maximum atomic E-state index is 13.8. The van der Waals surface area contributed by atoms with Crippen molar-refractivity contribution in [2.24, 2.45) is 0 Å². The molecule has 2 aliphatic heterocycles. The van der Waals surface area contributed by atoms with Crippen molar-refractivity contribution in [1.82, 2.24) is 19.1 Å². The number of nitrogens with zero attached hydrogens (tertiary/aromatic N) is 5. The maximum absolute atomic E-state index is 13.8. The summed E-state index contributed by atoms with van der Waals surface area (Å²) in [5.41, 5.74) is 5.39.